The molecule has 0 unspecified atom stereocenters. The van der Waals surface area contributed by atoms with Crippen LogP contribution in [0.2, 0.25) is 0 Å². The van der Waals surface area contributed by atoms with Crippen molar-refractivity contribution in [3.8, 4) is 5.75 Å². The summed E-state index contributed by atoms with van der Waals surface area (Å²) in [5.74, 6) is -0.811. The van der Waals surface area contributed by atoms with Crippen LogP contribution in [0.15, 0.2) is 54.6 Å². The van der Waals surface area contributed by atoms with Gasteiger partial charge in [0, 0.05) is 23.0 Å². The molecule has 1 aliphatic rings. The molecule has 32 heavy (non-hydrogen) atoms. The zero-order chi connectivity index (χ0) is 22.8. The van der Waals surface area contributed by atoms with Gasteiger partial charge < -0.3 is 15.7 Å². The van der Waals surface area contributed by atoms with Crippen molar-refractivity contribution in [2.75, 3.05) is 10.6 Å². The number of fused-ring (bicyclic) bond motifs is 2. The molecule has 0 saturated carbocycles. The Morgan fingerprint density at radius 2 is 1.53 bits per heavy atom. The van der Waals surface area contributed by atoms with Gasteiger partial charge in [0.15, 0.2) is 11.6 Å². The van der Waals surface area contributed by atoms with Gasteiger partial charge in [0.05, 0.1) is 22.4 Å². The molecule has 164 valence electrons. The van der Waals surface area contributed by atoms with E-state index in [9.17, 15) is 14.7 Å². The fourth-order valence-corrected chi connectivity index (χ4v) is 4.13. The van der Waals surface area contributed by atoms with Gasteiger partial charge in [0.2, 0.25) is 0 Å². The van der Waals surface area contributed by atoms with E-state index in [0.29, 0.717) is 16.9 Å². The molecule has 0 atom stereocenters. The third-order valence-corrected chi connectivity index (χ3v) is 5.67. The molecule has 0 bridgehead atoms. The summed E-state index contributed by atoms with van der Waals surface area (Å²) in [6.45, 7) is 6.13. The van der Waals surface area contributed by atoms with Crippen LogP contribution in [0.3, 0.4) is 0 Å². The number of unbranched alkanes of at least 4 members (excludes halogenated alkanes) is 1. The zero-order valence-electron chi connectivity index (χ0n) is 18.7. The lowest BCUT2D eigenvalue weighted by Crippen LogP contribution is -2.25. The van der Waals surface area contributed by atoms with Crippen LogP contribution in [0.25, 0.3) is 0 Å². The summed E-state index contributed by atoms with van der Waals surface area (Å²) in [5.41, 5.74) is 4.17. The van der Waals surface area contributed by atoms with Gasteiger partial charge in [-0.1, -0.05) is 37.6 Å². The molecule has 0 radical (unpaired) electrons. The van der Waals surface area contributed by atoms with E-state index in [1.165, 1.54) is 11.6 Å². The van der Waals surface area contributed by atoms with Crippen LogP contribution >= 0.6 is 0 Å². The average molecular weight is 429 g/mol. The standard InChI is InChI=1S/C27H28N2O3/c1-4-5-7-17-10-12-18(13-11-17)29-21-15-14-20(28-16(2)3)24-25(21)27(32)23-19(26(24)31)8-6-9-22(23)30/h6,8-16,28-30H,4-5,7H2,1-3H3. The maximum absolute atomic E-state index is 13.5. The Kier molecular flexibility index (Phi) is 5.99. The molecular formula is C27H28N2O3. The van der Waals surface area contributed by atoms with E-state index in [1.807, 2.05) is 38.1 Å². The first-order chi connectivity index (χ1) is 15.4. The number of hydrogen-bond acceptors (Lipinski definition) is 5. The van der Waals surface area contributed by atoms with Crippen LogP contribution in [0.5, 0.6) is 5.75 Å². The minimum Gasteiger partial charge on any atom is -0.507 e. The van der Waals surface area contributed by atoms with Crippen LogP contribution in [-0.4, -0.2) is 22.7 Å². The van der Waals surface area contributed by atoms with E-state index in [4.69, 9.17) is 0 Å². The lowest BCUT2D eigenvalue weighted by molar-refractivity contribution is 0.0978. The van der Waals surface area contributed by atoms with Crippen LogP contribution < -0.4 is 10.6 Å². The quantitative estimate of drug-likeness (QED) is 0.333. The highest BCUT2D eigenvalue weighted by Gasteiger charge is 2.36. The first kappa shape index (κ1) is 21.6. The Labute approximate surface area is 188 Å². The maximum atomic E-state index is 13.5. The number of rotatable bonds is 7. The lowest BCUT2D eigenvalue weighted by Gasteiger charge is -2.25. The van der Waals surface area contributed by atoms with Crippen molar-refractivity contribution in [3.63, 3.8) is 0 Å². The summed E-state index contributed by atoms with van der Waals surface area (Å²) >= 11 is 0. The van der Waals surface area contributed by atoms with Crippen molar-refractivity contribution in [1.29, 1.82) is 0 Å². The van der Waals surface area contributed by atoms with E-state index < -0.39 is 0 Å². The number of anilines is 3. The predicted octanol–water partition coefficient (Wildman–Crippen LogP) is 6.07. The molecule has 0 fully saturated rings. The molecule has 0 aromatic heterocycles. The molecule has 3 aromatic rings. The second kappa shape index (κ2) is 8.87. The van der Waals surface area contributed by atoms with Crippen LogP contribution in [0.1, 0.15) is 71.0 Å². The Bertz CT molecular complexity index is 1180. The molecule has 5 nitrogen and oxygen atoms in total. The molecule has 0 amide bonds. The fraction of sp³-hybridized carbons (Fsp3) is 0.259. The van der Waals surface area contributed by atoms with Gasteiger partial charge in [-0.15, -0.1) is 0 Å². The largest absolute Gasteiger partial charge is 0.507 e. The van der Waals surface area contributed by atoms with Gasteiger partial charge in [-0.3, -0.25) is 9.59 Å². The third kappa shape index (κ3) is 3.98. The highest BCUT2D eigenvalue weighted by molar-refractivity contribution is 6.32. The summed E-state index contributed by atoms with van der Waals surface area (Å²) in [6.07, 6.45) is 3.32. The van der Waals surface area contributed by atoms with Crippen molar-refractivity contribution in [2.45, 2.75) is 46.1 Å². The van der Waals surface area contributed by atoms with Gasteiger partial charge in [0.1, 0.15) is 5.75 Å². The molecule has 3 aromatic carbocycles. The number of aryl methyl sites for hydroxylation is 1. The maximum Gasteiger partial charge on any atom is 0.200 e. The Balaban J connectivity index is 1.79. The van der Waals surface area contributed by atoms with Crippen LogP contribution in [-0.2, 0) is 6.42 Å². The number of carbonyl (C=O) groups excluding carboxylic acids is 2. The van der Waals surface area contributed by atoms with Crippen molar-refractivity contribution < 1.29 is 14.7 Å². The number of benzene rings is 3. The minimum atomic E-state index is -0.359. The summed E-state index contributed by atoms with van der Waals surface area (Å²) in [4.78, 5) is 26.9. The molecule has 5 heteroatoms. The van der Waals surface area contributed by atoms with Crippen molar-refractivity contribution in [1.82, 2.24) is 0 Å². The number of ketones is 2. The zero-order valence-corrected chi connectivity index (χ0v) is 18.7. The lowest BCUT2D eigenvalue weighted by atomic mass is 9.81. The number of aromatic hydroxyl groups is 1. The summed E-state index contributed by atoms with van der Waals surface area (Å²) in [7, 11) is 0. The molecule has 0 saturated heterocycles. The molecule has 1 aliphatic carbocycles. The average Bonchev–Trinajstić information content (AvgIpc) is 2.77. The molecule has 0 spiro atoms. The molecular weight excluding hydrogens is 400 g/mol. The van der Waals surface area contributed by atoms with Gasteiger partial charge in [-0.25, -0.2) is 0 Å². The molecule has 0 aliphatic heterocycles. The monoisotopic (exact) mass is 428 g/mol. The van der Waals surface area contributed by atoms with Crippen LogP contribution in [0.4, 0.5) is 17.1 Å². The number of hydrogen-bond donors (Lipinski definition) is 3. The van der Waals surface area contributed by atoms with Crippen LogP contribution in [0, 0.1) is 0 Å². The minimum absolute atomic E-state index is 0.0599. The van der Waals surface area contributed by atoms with E-state index in [2.05, 4.69) is 29.7 Å². The van der Waals surface area contributed by atoms with Gasteiger partial charge in [0.25, 0.3) is 0 Å². The first-order valence-corrected chi connectivity index (χ1v) is 11.1. The van der Waals surface area contributed by atoms with Crippen molar-refractivity contribution in [3.05, 3.63) is 82.4 Å². The van der Waals surface area contributed by atoms with Crippen molar-refractivity contribution >= 4 is 28.6 Å². The normalized spacial score (nSPS) is 12.5. The summed E-state index contributed by atoms with van der Waals surface area (Å²) in [5, 5.41) is 17.0. The van der Waals surface area contributed by atoms with E-state index in [-0.39, 0.29) is 40.0 Å². The third-order valence-electron chi connectivity index (χ3n) is 5.67. The molecule has 0 heterocycles. The second-order valence-corrected chi connectivity index (χ2v) is 8.49. The number of carbonyl (C=O) groups is 2. The van der Waals surface area contributed by atoms with Gasteiger partial charge in [-0.2, -0.15) is 0 Å². The van der Waals surface area contributed by atoms with Gasteiger partial charge >= 0.3 is 0 Å². The van der Waals surface area contributed by atoms with Crippen molar-refractivity contribution in [2.24, 2.45) is 0 Å². The molecule has 3 N–H and O–H groups in total. The van der Waals surface area contributed by atoms with E-state index in [1.54, 1.807) is 12.1 Å². The van der Waals surface area contributed by atoms with Gasteiger partial charge in [-0.05, 0) is 62.6 Å². The predicted molar refractivity (Wildman–Crippen MR) is 129 cm³/mol. The molecule has 4 rings (SSSR count). The highest BCUT2D eigenvalue weighted by atomic mass is 16.3. The Hall–Kier alpha value is -3.60. The van der Waals surface area contributed by atoms with E-state index >= 15 is 0 Å². The first-order valence-electron chi connectivity index (χ1n) is 11.1. The SMILES string of the molecule is CCCCc1ccc(Nc2ccc(NC(C)C)c3c2C(=O)c2c(O)cccc2C3=O)cc1. The number of nitrogens with one attached hydrogen (secondary N) is 2. The summed E-state index contributed by atoms with van der Waals surface area (Å²) in [6, 6.07) is 16.5. The fourth-order valence-electron chi connectivity index (χ4n) is 4.13. The summed E-state index contributed by atoms with van der Waals surface area (Å²) < 4.78 is 0. The Morgan fingerprint density at radius 3 is 2.22 bits per heavy atom. The smallest absolute Gasteiger partial charge is 0.200 e. The second-order valence-electron chi connectivity index (χ2n) is 8.49. The number of phenolic OH excluding ortho intramolecular Hbond substituents is 1. The highest BCUT2D eigenvalue weighted by Crippen LogP contribution is 2.40. The number of phenols is 1. The topological polar surface area (TPSA) is 78.4 Å². The van der Waals surface area contributed by atoms with E-state index in [0.717, 1.165) is 24.9 Å². The Morgan fingerprint density at radius 1 is 0.844 bits per heavy atom.